The molecule has 2 saturated heterocycles. The molecule has 2 aliphatic heterocycles. The second-order valence-electron chi connectivity index (χ2n) is 4.04. The Morgan fingerprint density at radius 3 is 2.50 bits per heavy atom. The van der Waals surface area contributed by atoms with Crippen molar-refractivity contribution in [2.45, 2.75) is 12.5 Å². The van der Waals surface area contributed by atoms with Crippen LogP contribution in [0.4, 0.5) is 0 Å². The Balaban J connectivity index is 1.80. The van der Waals surface area contributed by atoms with E-state index in [0.717, 1.165) is 45.3 Å². The van der Waals surface area contributed by atoms with Crippen LogP contribution in [0.15, 0.2) is 0 Å². The molecule has 4 nitrogen and oxygen atoms in total. The number of piperazine rings is 1. The molecule has 0 aliphatic carbocycles. The van der Waals surface area contributed by atoms with Gasteiger partial charge < -0.3 is 5.32 Å². The molecular formula is C9H19N3OS. The van der Waals surface area contributed by atoms with Gasteiger partial charge in [-0.05, 0) is 13.0 Å². The second kappa shape index (κ2) is 4.70. The summed E-state index contributed by atoms with van der Waals surface area (Å²) in [4.78, 5) is 2.53. The van der Waals surface area contributed by atoms with E-state index >= 15 is 0 Å². The van der Waals surface area contributed by atoms with E-state index in [1.54, 1.807) is 6.26 Å². The van der Waals surface area contributed by atoms with Crippen molar-refractivity contribution in [2.75, 3.05) is 45.5 Å². The van der Waals surface area contributed by atoms with Crippen molar-refractivity contribution in [2.24, 2.45) is 0 Å². The van der Waals surface area contributed by atoms with Gasteiger partial charge in [0.1, 0.15) is 0 Å². The Labute approximate surface area is 88.2 Å². The van der Waals surface area contributed by atoms with Gasteiger partial charge in [-0.15, -0.1) is 0 Å². The first-order valence-electron chi connectivity index (χ1n) is 5.30. The summed E-state index contributed by atoms with van der Waals surface area (Å²) >= 11 is 0. The fourth-order valence-corrected chi connectivity index (χ4v) is 2.95. The molecule has 2 rings (SSSR count). The molecule has 0 saturated carbocycles. The maximum atomic E-state index is 11.2. The van der Waals surface area contributed by atoms with Crippen LogP contribution in [0.5, 0.6) is 0 Å². The quantitative estimate of drug-likeness (QED) is 0.662. The van der Waals surface area contributed by atoms with Crippen LogP contribution >= 0.6 is 0 Å². The summed E-state index contributed by atoms with van der Waals surface area (Å²) in [6.45, 7) is 6.36. The van der Waals surface area contributed by atoms with E-state index in [0.29, 0.717) is 0 Å². The smallest absolute Gasteiger partial charge is 0.0911 e. The van der Waals surface area contributed by atoms with Gasteiger partial charge in [0.15, 0.2) is 0 Å². The lowest BCUT2D eigenvalue weighted by molar-refractivity contribution is 0.148. The van der Waals surface area contributed by atoms with Gasteiger partial charge in [-0.3, -0.25) is 4.90 Å². The number of hydrogen-bond acceptors (Lipinski definition) is 3. The first-order valence-corrected chi connectivity index (χ1v) is 6.82. The van der Waals surface area contributed by atoms with E-state index < -0.39 is 11.0 Å². The van der Waals surface area contributed by atoms with Crippen molar-refractivity contribution in [1.29, 1.82) is 0 Å². The maximum absolute atomic E-state index is 11.2. The van der Waals surface area contributed by atoms with Crippen molar-refractivity contribution in [3.05, 3.63) is 0 Å². The molecule has 0 aromatic rings. The molecule has 1 N–H and O–H groups in total. The van der Waals surface area contributed by atoms with Gasteiger partial charge in [0.2, 0.25) is 0 Å². The van der Waals surface area contributed by atoms with Crippen LogP contribution in [0.2, 0.25) is 0 Å². The topological polar surface area (TPSA) is 35.6 Å². The summed E-state index contributed by atoms with van der Waals surface area (Å²) < 4.78 is 13.3. The minimum absolute atomic E-state index is 0.724. The summed E-state index contributed by atoms with van der Waals surface area (Å²) in [5.41, 5.74) is 0. The molecule has 2 aliphatic rings. The van der Waals surface area contributed by atoms with E-state index in [-0.39, 0.29) is 0 Å². The summed E-state index contributed by atoms with van der Waals surface area (Å²) in [7, 11) is -0.777. The minimum atomic E-state index is -0.777. The van der Waals surface area contributed by atoms with Gasteiger partial charge in [0.05, 0.1) is 11.0 Å². The molecule has 0 bridgehead atoms. The van der Waals surface area contributed by atoms with E-state index in [1.165, 1.54) is 6.42 Å². The minimum Gasteiger partial charge on any atom is -0.315 e. The Hall–Kier alpha value is 0.0300. The number of nitrogens with zero attached hydrogens (tertiary/aromatic N) is 2. The highest BCUT2D eigenvalue weighted by Gasteiger charge is 2.26. The number of rotatable bonds is 2. The maximum Gasteiger partial charge on any atom is 0.0911 e. The van der Waals surface area contributed by atoms with Crippen molar-refractivity contribution in [3.63, 3.8) is 0 Å². The fraction of sp³-hybridized carbons (Fsp3) is 1.00. The average Bonchev–Trinajstić information content (AvgIpc) is 2.71. The SMILES string of the molecule is CS(=O)N1CCN(C2CCNC2)CC1. The molecule has 5 heteroatoms. The third-order valence-electron chi connectivity index (χ3n) is 3.19. The Bertz CT molecular complexity index is 210. The van der Waals surface area contributed by atoms with Crippen molar-refractivity contribution in [1.82, 2.24) is 14.5 Å². The molecule has 0 amide bonds. The molecule has 82 valence electrons. The zero-order chi connectivity index (χ0) is 9.97. The molecule has 2 unspecified atom stereocenters. The Morgan fingerprint density at radius 1 is 1.29 bits per heavy atom. The predicted octanol–water partition coefficient (Wildman–Crippen LogP) is -0.741. The van der Waals surface area contributed by atoms with Crippen LogP contribution in [-0.2, 0) is 11.0 Å². The van der Waals surface area contributed by atoms with Crippen LogP contribution in [0.3, 0.4) is 0 Å². The lowest BCUT2D eigenvalue weighted by Crippen LogP contribution is -2.51. The number of hydrogen-bond donors (Lipinski definition) is 1. The van der Waals surface area contributed by atoms with E-state index in [1.807, 2.05) is 0 Å². The monoisotopic (exact) mass is 217 g/mol. The summed E-state index contributed by atoms with van der Waals surface area (Å²) in [5.74, 6) is 0. The molecule has 0 radical (unpaired) electrons. The van der Waals surface area contributed by atoms with Crippen LogP contribution < -0.4 is 5.32 Å². The van der Waals surface area contributed by atoms with E-state index in [4.69, 9.17) is 0 Å². The summed E-state index contributed by atoms with van der Waals surface area (Å²) in [6.07, 6.45) is 3.04. The van der Waals surface area contributed by atoms with Gasteiger partial charge in [-0.25, -0.2) is 8.51 Å². The highest BCUT2D eigenvalue weighted by molar-refractivity contribution is 7.81. The van der Waals surface area contributed by atoms with Crippen LogP contribution in [0.25, 0.3) is 0 Å². The lowest BCUT2D eigenvalue weighted by atomic mass is 10.2. The first-order chi connectivity index (χ1) is 6.77. The molecule has 2 heterocycles. The molecular weight excluding hydrogens is 198 g/mol. The van der Waals surface area contributed by atoms with Crippen molar-refractivity contribution < 1.29 is 4.21 Å². The van der Waals surface area contributed by atoms with Gasteiger partial charge in [-0.1, -0.05) is 0 Å². The molecule has 0 spiro atoms. The second-order valence-corrected chi connectivity index (χ2v) is 5.40. The third-order valence-corrected chi connectivity index (χ3v) is 4.28. The zero-order valence-electron chi connectivity index (χ0n) is 8.74. The first kappa shape index (κ1) is 10.5. The molecule has 2 atom stereocenters. The van der Waals surface area contributed by atoms with Crippen LogP contribution in [0.1, 0.15) is 6.42 Å². The summed E-state index contributed by atoms with van der Waals surface area (Å²) in [6, 6.07) is 0.724. The highest BCUT2D eigenvalue weighted by atomic mass is 32.2. The normalized spacial score (nSPS) is 33.4. The third kappa shape index (κ3) is 2.34. The van der Waals surface area contributed by atoms with Crippen LogP contribution in [0, 0.1) is 0 Å². The van der Waals surface area contributed by atoms with Gasteiger partial charge in [0, 0.05) is 45.0 Å². The van der Waals surface area contributed by atoms with Crippen molar-refractivity contribution in [3.8, 4) is 0 Å². The number of nitrogens with one attached hydrogen (secondary N) is 1. The zero-order valence-corrected chi connectivity index (χ0v) is 9.55. The molecule has 0 aromatic heterocycles. The lowest BCUT2D eigenvalue weighted by Gasteiger charge is -2.36. The Kier molecular flexibility index (Phi) is 3.54. The molecule has 2 fully saturated rings. The predicted molar refractivity (Wildman–Crippen MR) is 58.5 cm³/mol. The standard InChI is InChI=1S/C9H19N3OS/c1-14(13)12-6-4-11(5-7-12)9-2-3-10-8-9/h9-10H,2-8H2,1H3. The Morgan fingerprint density at radius 2 is 2.00 bits per heavy atom. The van der Waals surface area contributed by atoms with E-state index in [2.05, 4.69) is 14.5 Å². The van der Waals surface area contributed by atoms with Crippen molar-refractivity contribution >= 4 is 11.0 Å². The fourth-order valence-electron chi connectivity index (χ4n) is 2.28. The molecule has 14 heavy (non-hydrogen) atoms. The highest BCUT2D eigenvalue weighted by Crippen LogP contribution is 2.12. The van der Waals surface area contributed by atoms with Gasteiger partial charge in [-0.2, -0.15) is 0 Å². The molecule has 0 aromatic carbocycles. The van der Waals surface area contributed by atoms with E-state index in [9.17, 15) is 4.21 Å². The van der Waals surface area contributed by atoms with Gasteiger partial charge in [0.25, 0.3) is 0 Å². The average molecular weight is 217 g/mol. The largest absolute Gasteiger partial charge is 0.315 e. The van der Waals surface area contributed by atoms with Gasteiger partial charge >= 0.3 is 0 Å². The summed E-state index contributed by atoms with van der Waals surface area (Å²) in [5, 5.41) is 3.39. The van der Waals surface area contributed by atoms with Crippen LogP contribution in [-0.4, -0.2) is 65.0 Å².